The van der Waals surface area contributed by atoms with Crippen LogP contribution in [0, 0.1) is 0 Å². The molecule has 1 aliphatic rings. The van der Waals surface area contributed by atoms with E-state index in [-0.39, 0.29) is 12.7 Å². The van der Waals surface area contributed by atoms with Gasteiger partial charge < -0.3 is 19.1 Å². The molecule has 7 nitrogen and oxygen atoms in total. The third-order valence-corrected chi connectivity index (χ3v) is 3.70. The molecular formula is C19H21N3O4. The van der Waals surface area contributed by atoms with Gasteiger partial charge in [-0.1, -0.05) is 0 Å². The zero-order valence-electron chi connectivity index (χ0n) is 14.8. The molecule has 1 aliphatic heterocycles. The maximum Gasteiger partial charge on any atom is 0.271 e. The number of fused-ring (bicyclic) bond motifs is 1. The smallest absolute Gasteiger partial charge is 0.271 e. The predicted octanol–water partition coefficient (Wildman–Crippen LogP) is 2.12. The average Bonchev–Trinajstić information content (AvgIpc) is 3.10. The van der Waals surface area contributed by atoms with E-state index in [4.69, 9.17) is 14.2 Å². The highest BCUT2D eigenvalue weighted by molar-refractivity contribution is 5.95. The second kappa shape index (κ2) is 8.35. The molecule has 0 aromatic heterocycles. The summed E-state index contributed by atoms with van der Waals surface area (Å²) in [7, 11) is 3.97. The van der Waals surface area contributed by atoms with Crippen molar-refractivity contribution in [2.45, 2.75) is 0 Å². The van der Waals surface area contributed by atoms with E-state index in [1.165, 1.54) is 0 Å². The van der Waals surface area contributed by atoms with Crippen LogP contribution < -0.4 is 19.6 Å². The minimum absolute atomic E-state index is 0.224. The van der Waals surface area contributed by atoms with Gasteiger partial charge in [0.2, 0.25) is 6.79 Å². The van der Waals surface area contributed by atoms with Crippen molar-refractivity contribution in [2.75, 3.05) is 34.0 Å². The molecule has 0 saturated carbocycles. The minimum atomic E-state index is -0.290. The lowest BCUT2D eigenvalue weighted by atomic mass is 10.2. The molecule has 0 aliphatic carbocycles. The summed E-state index contributed by atoms with van der Waals surface area (Å²) in [4.78, 5) is 14.2. The van der Waals surface area contributed by atoms with Crippen LogP contribution in [0.2, 0.25) is 0 Å². The first-order valence-electron chi connectivity index (χ1n) is 8.22. The number of benzene rings is 2. The van der Waals surface area contributed by atoms with Gasteiger partial charge >= 0.3 is 0 Å². The number of nitrogens with one attached hydrogen (secondary N) is 1. The minimum Gasteiger partial charge on any atom is -0.492 e. The van der Waals surface area contributed by atoms with Crippen molar-refractivity contribution in [3.8, 4) is 17.2 Å². The normalized spacial score (nSPS) is 12.6. The van der Waals surface area contributed by atoms with Gasteiger partial charge in [0.25, 0.3) is 5.91 Å². The van der Waals surface area contributed by atoms with E-state index >= 15 is 0 Å². The molecule has 7 heteroatoms. The zero-order valence-corrected chi connectivity index (χ0v) is 14.8. The van der Waals surface area contributed by atoms with Gasteiger partial charge in [0.05, 0.1) is 6.21 Å². The molecule has 0 fully saturated rings. The van der Waals surface area contributed by atoms with Crippen molar-refractivity contribution in [1.29, 1.82) is 0 Å². The highest BCUT2D eigenvalue weighted by Gasteiger charge is 2.12. The Bertz CT molecular complexity index is 788. The molecule has 0 unspecified atom stereocenters. The molecule has 3 rings (SSSR count). The summed E-state index contributed by atoms with van der Waals surface area (Å²) < 4.78 is 16.2. The number of hydrogen-bond donors (Lipinski definition) is 1. The van der Waals surface area contributed by atoms with Gasteiger partial charge in [0.1, 0.15) is 12.4 Å². The fourth-order valence-electron chi connectivity index (χ4n) is 2.27. The summed E-state index contributed by atoms with van der Waals surface area (Å²) >= 11 is 0. The van der Waals surface area contributed by atoms with E-state index in [1.807, 2.05) is 25.1 Å². The Morgan fingerprint density at radius 2 is 1.96 bits per heavy atom. The number of amides is 1. The molecule has 0 atom stereocenters. The van der Waals surface area contributed by atoms with Crippen LogP contribution in [0.1, 0.15) is 15.9 Å². The SMILES string of the molecule is CN(C)CCOc1ccc(C(=O)N/N=C/c2ccc3c(c2)OCO3)cc1. The van der Waals surface area contributed by atoms with Gasteiger partial charge in [0, 0.05) is 12.1 Å². The lowest BCUT2D eigenvalue weighted by Gasteiger charge is -2.11. The topological polar surface area (TPSA) is 72.4 Å². The number of carbonyl (C=O) groups is 1. The molecular weight excluding hydrogens is 334 g/mol. The zero-order chi connectivity index (χ0) is 18.4. The molecule has 26 heavy (non-hydrogen) atoms. The standard InChI is InChI=1S/C19H21N3O4/c1-22(2)9-10-24-16-6-4-15(5-7-16)19(23)21-20-12-14-3-8-17-18(11-14)26-13-25-17/h3-8,11-12H,9-10,13H2,1-2H3,(H,21,23)/b20-12+. The summed E-state index contributed by atoms with van der Waals surface area (Å²) in [6.45, 7) is 1.65. The fraction of sp³-hybridized carbons (Fsp3) is 0.263. The van der Waals surface area contributed by atoms with Crippen LogP contribution in [-0.4, -0.2) is 51.1 Å². The maximum absolute atomic E-state index is 12.1. The van der Waals surface area contributed by atoms with Crippen molar-refractivity contribution in [2.24, 2.45) is 5.10 Å². The Balaban J connectivity index is 1.51. The third kappa shape index (κ3) is 4.73. The summed E-state index contributed by atoms with van der Waals surface area (Å²) in [5.41, 5.74) is 3.82. The van der Waals surface area contributed by atoms with Crippen molar-refractivity contribution >= 4 is 12.1 Å². The number of ether oxygens (including phenoxy) is 3. The van der Waals surface area contributed by atoms with Crippen LogP contribution >= 0.6 is 0 Å². The first-order chi connectivity index (χ1) is 12.6. The second-order valence-electron chi connectivity index (χ2n) is 5.99. The van der Waals surface area contributed by atoms with E-state index in [2.05, 4.69) is 10.5 Å². The predicted molar refractivity (Wildman–Crippen MR) is 98.1 cm³/mol. The van der Waals surface area contributed by atoms with E-state index in [9.17, 15) is 4.79 Å². The Kier molecular flexibility index (Phi) is 5.70. The molecule has 136 valence electrons. The third-order valence-electron chi connectivity index (χ3n) is 3.70. The summed E-state index contributed by atoms with van der Waals surface area (Å²) in [5, 5.41) is 3.98. The Hall–Kier alpha value is -3.06. The summed E-state index contributed by atoms with van der Waals surface area (Å²) in [6.07, 6.45) is 1.55. The van der Waals surface area contributed by atoms with Crippen LogP contribution in [0.3, 0.4) is 0 Å². The molecule has 1 amide bonds. The fourth-order valence-corrected chi connectivity index (χ4v) is 2.27. The summed E-state index contributed by atoms with van der Waals surface area (Å²) in [6, 6.07) is 12.4. The highest BCUT2D eigenvalue weighted by Crippen LogP contribution is 2.31. The van der Waals surface area contributed by atoms with E-state index in [1.54, 1.807) is 42.6 Å². The Labute approximate surface area is 152 Å². The molecule has 0 bridgehead atoms. The summed E-state index contributed by atoms with van der Waals surface area (Å²) in [5.74, 6) is 1.82. The number of hydrazone groups is 1. The number of likely N-dealkylation sites (N-methyl/N-ethyl adjacent to an activating group) is 1. The number of carbonyl (C=O) groups excluding carboxylic acids is 1. The second-order valence-corrected chi connectivity index (χ2v) is 5.99. The molecule has 1 N–H and O–H groups in total. The van der Waals surface area contributed by atoms with Crippen LogP contribution in [0.25, 0.3) is 0 Å². The average molecular weight is 355 g/mol. The molecule has 0 radical (unpaired) electrons. The first kappa shape index (κ1) is 17.8. The number of rotatable bonds is 7. The van der Waals surface area contributed by atoms with Gasteiger partial charge in [-0.15, -0.1) is 0 Å². The van der Waals surface area contributed by atoms with Crippen molar-refractivity contribution in [1.82, 2.24) is 10.3 Å². The van der Waals surface area contributed by atoms with Gasteiger partial charge in [-0.2, -0.15) is 5.10 Å². The van der Waals surface area contributed by atoms with Crippen LogP contribution in [-0.2, 0) is 0 Å². The van der Waals surface area contributed by atoms with Gasteiger partial charge in [0.15, 0.2) is 11.5 Å². The molecule has 2 aromatic carbocycles. The number of nitrogens with zero attached hydrogens (tertiary/aromatic N) is 2. The van der Waals surface area contributed by atoms with Gasteiger partial charge in [-0.3, -0.25) is 4.79 Å². The lowest BCUT2D eigenvalue weighted by Crippen LogP contribution is -2.19. The van der Waals surface area contributed by atoms with Crippen LogP contribution in [0.5, 0.6) is 17.2 Å². The highest BCUT2D eigenvalue weighted by atomic mass is 16.7. The number of hydrogen-bond acceptors (Lipinski definition) is 6. The van der Waals surface area contributed by atoms with E-state index < -0.39 is 0 Å². The van der Waals surface area contributed by atoms with Crippen LogP contribution in [0.15, 0.2) is 47.6 Å². The maximum atomic E-state index is 12.1. The Morgan fingerprint density at radius 3 is 2.73 bits per heavy atom. The van der Waals surface area contributed by atoms with E-state index in [0.29, 0.717) is 23.7 Å². The molecule has 2 aromatic rings. The quantitative estimate of drug-likeness (QED) is 0.608. The molecule has 0 saturated heterocycles. The lowest BCUT2D eigenvalue weighted by molar-refractivity contribution is 0.0955. The first-order valence-corrected chi connectivity index (χ1v) is 8.22. The van der Waals surface area contributed by atoms with Gasteiger partial charge in [-0.05, 0) is 62.1 Å². The monoisotopic (exact) mass is 355 g/mol. The van der Waals surface area contributed by atoms with Gasteiger partial charge in [-0.25, -0.2) is 5.43 Å². The largest absolute Gasteiger partial charge is 0.492 e. The molecule has 0 spiro atoms. The van der Waals surface area contributed by atoms with Crippen LogP contribution in [0.4, 0.5) is 0 Å². The van der Waals surface area contributed by atoms with E-state index in [0.717, 1.165) is 17.9 Å². The van der Waals surface area contributed by atoms with Crippen molar-refractivity contribution < 1.29 is 19.0 Å². The molecule has 1 heterocycles. The van der Waals surface area contributed by atoms with Crippen molar-refractivity contribution in [3.63, 3.8) is 0 Å². The Morgan fingerprint density at radius 1 is 1.19 bits per heavy atom. The van der Waals surface area contributed by atoms with Crippen molar-refractivity contribution in [3.05, 3.63) is 53.6 Å².